The van der Waals surface area contributed by atoms with Gasteiger partial charge in [-0.2, -0.15) is 0 Å². The van der Waals surface area contributed by atoms with Crippen LogP contribution in [0.2, 0.25) is 0 Å². The summed E-state index contributed by atoms with van der Waals surface area (Å²) < 4.78 is 1.10. The van der Waals surface area contributed by atoms with Gasteiger partial charge >= 0.3 is 0 Å². The zero-order valence-corrected chi connectivity index (χ0v) is 17.8. The van der Waals surface area contributed by atoms with Gasteiger partial charge < -0.3 is 20.9 Å². The fraction of sp³-hybridized carbons (Fsp3) is 0.300. The zero-order chi connectivity index (χ0) is 20.3. The topological polar surface area (TPSA) is 108 Å². The van der Waals surface area contributed by atoms with Crippen LogP contribution in [0.3, 0.4) is 0 Å². The van der Waals surface area contributed by atoms with Crippen molar-refractivity contribution in [3.63, 3.8) is 0 Å². The highest BCUT2D eigenvalue weighted by molar-refractivity contribution is 7.22. The Morgan fingerprint density at radius 2 is 2.23 bits per heavy atom. The Hall–Kier alpha value is -2.66. The normalized spacial score (nSPS) is 13.5. The number of hydrogen-bond acceptors (Lipinski definition) is 8. The van der Waals surface area contributed by atoms with E-state index in [0.717, 1.165) is 51.1 Å². The first-order valence-corrected chi connectivity index (χ1v) is 11.5. The lowest BCUT2D eigenvalue weighted by molar-refractivity contribution is -0.116. The average Bonchev–Trinajstić information content (AvgIpc) is 3.48. The summed E-state index contributed by atoms with van der Waals surface area (Å²) in [6.07, 6.45) is 8.42. The molecule has 0 bridgehead atoms. The van der Waals surface area contributed by atoms with Gasteiger partial charge in [0.15, 0.2) is 0 Å². The van der Waals surface area contributed by atoms with E-state index in [-0.39, 0.29) is 5.91 Å². The molecular weight excluding hydrogens is 418 g/mol. The van der Waals surface area contributed by atoms with Gasteiger partial charge in [-0.15, -0.1) is 22.7 Å². The lowest BCUT2D eigenvalue weighted by atomic mass is 10.0. The van der Waals surface area contributed by atoms with E-state index in [4.69, 9.17) is 4.98 Å². The van der Waals surface area contributed by atoms with Crippen molar-refractivity contribution in [1.29, 1.82) is 0 Å². The number of carbonyl (C=O) groups excluding carboxylic acids is 1. The van der Waals surface area contributed by atoms with Gasteiger partial charge in [0, 0.05) is 48.5 Å². The van der Waals surface area contributed by atoms with E-state index < -0.39 is 0 Å². The fourth-order valence-electron chi connectivity index (χ4n) is 3.53. The van der Waals surface area contributed by atoms with Gasteiger partial charge in [-0.3, -0.25) is 9.78 Å². The fourth-order valence-corrected chi connectivity index (χ4v) is 5.84. The number of nitrogens with zero attached hydrogens (tertiary/aromatic N) is 3. The molecule has 4 aromatic heterocycles. The molecule has 8 nitrogen and oxygen atoms in total. The van der Waals surface area contributed by atoms with Crippen molar-refractivity contribution < 1.29 is 4.79 Å². The van der Waals surface area contributed by atoms with E-state index in [0.29, 0.717) is 19.5 Å². The average molecular weight is 440 g/mol. The third kappa shape index (κ3) is 3.99. The number of rotatable bonds is 7. The zero-order valence-electron chi connectivity index (χ0n) is 16.2. The van der Waals surface area contributed by atoms with Crippen molar-refractivity contribution in [2.24, 2.45) is 0 Å². The summed E-state index contributed by atoms with van der Waals surface area (Å²) in [7, 11) is 0. The molecule has 4 N–H and O–H groups in total. The summed E-state index contributed by atoms with van der Waals surface area (Å²) in [5, 5.41) is 11.6. The number of pyridine rings is 1. The first-order chi connectivity index (χ1) is 14.8. The van der Waals surface area contributed by atoms with Crippen LogP contribution in [0.4, 0.5) is 5.00 Å². The van der Waals surface area contributed by atoms with E-state index in [1.807, 2.05) is 6.07 Å². The van der Waals surface area contributed by atoms with E-state index in [9.17, 15) is 4.79 Å². The first-order valence-electron chi connectivity index (χ1n) is 9.83. The molecule has 154 valence electrons. The van der Waals surface area contributed by atoms with E-state index in [2.05, 4.69) is 30.9 Å². The minimum atomic E-state index is -0.00229. The van der Waals surface area contributed by atoms with Crippen LogP contribution in [-0.4, -0.2) is 38.9 Å². The molecular formula is C20H21N7OS2. The number of nitrogens with one attached hydrogen (secondary N) is 4. The number of carbonyl (C=O) groups is 1. The Kier molecular flexibility index (Phi) is 5.54. The van der Waals surface area contributed by atoms with Crippen molar-refractivity contribution in [3.8, 4) is 10.6 Å². The Morgan fingerprint density at radius 3 is 3.10 bits per heavy atom. The number of anilines is 1. The van der Waals surface area contributed by atoms with Gasteiger partial charge in [0.2, 0.25) is 5.91 Å². The second-order valence-electron chi connectivity index (χ2n) is 7.01. The van der Waals surface area contributed by atoms with Gasteiger partial charge in [0.05, 0.1) is 17.4 Å². The number of fused-ring (bicyclic) bond motifs is 2. The third-order valence-corrected chi connectivity index (χ3v) is 7.16. The van der Waals surface area contributed by atoms with Gasteiger partial charge in [0.1, 0.15) is 21.3 Å². The molecule has 0 unspecified atom stereocenters. The quantitative estimate of drug-likeness (QED) is 0.330. The Labute approximate surface area is 181 Å². The summed E-state index contributed by atoms with van der Waals surface area (Å²) >= 11 is 3.30. The number of aromatic nitrogens is 4. The number of thiazole rings is 1. The number of aromatic amines is 1. The molecule has 0 radical (unpaired) electrons. The molecule has 0 spiro atoms. The van der Waals surface area contributed by atoms with Gasteiger partial charge in [-0.1, -0.05) is 0 Å². The van der Waals surface area contributed by atoms with E-state index in [1.165, 1.54) is 10.4 Å². The molecule has 4 aromatic rings. The number of imidazole rings is 1. The Balaban J connectivity index is 1.34. The van der Waals surface area contributed by atoms with Crippen LogP contribution < -0.4 is 16.0 Å². The maximum absolute atomic E-state index is 12.6. The van der Waals surface area contributed by atoms with Crippen molar-refractivity contribution in [2.45, 2.75) is 25.9 Å². The van der Waals surface area contributed by atoms with Gasteiger partial charge in [-0.05, 0) is 24.6 Å². The molecule has 30 heavy (non-hydrogen) atoms. The van der Waals surface area contributed by atoms with Crippen LogP contribution in [0.5, 0.6) is 0 Å². The summed E-state index contributed by atoms with van der Waals surface area (Å²) in [5.41, 5.74) is 3.28. The van der Waals surface area contributed by atoms with Crippen molar-refractivity contribution in [2.75, 3.05) is 18.4 Å². The molecule has 1 aliphatic rings. The van der Waals surface area contributed by atoms with Crippen molar-refractivity contribution in [3.05, 3.63) is 47.1 Å². The maximum atomic E-state index is 12.6. The van der Waals surface area contributed by atoms with Crippen LogP contribution >= 0.6 is 22.7 Å². The van der Waals surface area contributed by atoms with Crippen molar-refractivity contribution >= 4 is 43.8 Å². The molecule has 0 aliphatic carbocycles. The largest absolute Gasteiger partial charge is 0.348 e. The minimum absolute atomic E-state index is 0.00229. The molecule has 0 saturated heterocycles. The summed E-state index contributed by atoms with van der Waals surface area (Å²) in [5.74, 6) is 0.860. The van der Waals surface area contributed by atoms with E-state index >= 15 is 0 Å². The monoisotopic (exact) mass is 439 g/mol. The number of hydrogen-bond donors (Lipinski definition) is 4. The van der Waals surface area contributed by atoms with E-state index in [1.54, 1.807) is 47.5 Å². The first kappa shape index (κ1) is 19.3. The summed E-state index contributed by atoms with van der Waals surface area (Å²) in [6, 6.07) is 1.99. The van der Waals surface area contributed by atoms with Crippen LogP contribution in [0, 0.1) is 0 Å². The predicted molar refractivity (Wildman–Crippen MR) is 120 cm³/mol. The van der Waals surface area contributed by atoms with Crippen molar-refractivity contribution in [1.82, 2.24) is 30.6 Å². The smallest absolute Gasteiger partial charge is 0.226 e. The summed E-state index contributed by atoms with van der Waals surface area (Å²) in [6.45, 7) is 2.97. The Bertz CT molecular complexity index is 1130. The highest BCUT2D eigenvalue weighted by Gasteiger charge is 2.25. The highest BCUT2D eigenvalue weighted by atomic mass is 32.1. The SMILES string of the molecule is O=C(CCNCc1ncc[nH]1)Nc1sc2c(c1-c1nc3cnccc3s1)CCNC2. The predicted octanol–water partition coefficient (Wildman–Crippen LogP) is 2.91. The summed E-state index contributed by atoms with van der Waals surface area (Å²) in [4.78, 5) is 30.1. The van der Waals surface area contributed by atoms with Crippen LogP contribution in [0.1, 0.15) is 22.7 Å². The van der Waals surface area contributed by atoms with Crippen LogP contribution in [0.25, 0.3) is 20.8 Å². The molecule has 0 aromatic carbocycles. The molecule has 10 heteroatoms. The second kappa shape index (κ2) is 8.60. The molecule has 1 amide bonds. The molecule has 0 fully saturated rings. The van der Waals surface area contributed by atoms with Gasteiger partial charge in [-0.25, -0.2) is 9.97 Å². The second-order valence-corrected chi connectivity index (χ2v) is 9.14. The van der Waals surface area contributed by atoms with Crippen LogP contribution in [-0.2, 0) is 24.3 Å². The molecule has 0 atom stereocenters. The maximum Gasteiger partial charge on any atom is 0.226 e. The van der Waals surface area contributed by atoms with Crippen LogP contribution in [0.15, 0.2) is 30.9 Å². The molecule has 5 rings (SSSR count). The lowest BCUT2D eigenvalue weighted by Gasteiger charge is -2.13. The molecule has 0 saturated carbocycles. The molecule has 1 aliphatic heterocycles. The number of H-pyrrole nitrogens is 1. The lowest BCUT2D eigenvalue weighted by Crippen LogP contribution is -2.22. The minimum Gasteiger partial charge on any atom is -0.348 e. The molecule has 5 heterocycles. The standard InChI is InChI=1S/C20H21N7OS2/c28-17(3-6-23-11-16-24-7-8-25-16)27-20-18(12-1-4-22-10-15(12)30-20)19-26-13-9-21-5-2-14(13)29-19/h2,5,7-9,22-23H,1,3-4,6,10-11H2,(H,24,25)(H,27,28). The number of thiophene rings is 1. The van der Waals surface area contributed by atoms with Gasteiger partial charge in [0.25, 0.3) is 0 Å². The highest BCUT2D eigenvalue weighted by Crippen LogP contribution is 2.44. The Morgan fingerprint density at radius 1 is 1.27 bits per heavy atom. The third-order valence-electron chi connectivity index (χ3n) is 4.96. The number of amides is 1.